The van der Waals surface area contributed by atoms with Crippen molar-refractivity contribution >= 4 is 17.8 Å². The van der Waals surface area contributed by atoms with Crippen LogP contribution >= 0.6 is 0 Å². The minimum Gasteiger partial charge on any atom is -0.497 e. The highest BCUT2D eigenvalue weighted by atomic mass is 16.5. The van der Waals surface area contributed by atoms with E-state index in [-0.39, 0.29) is 0 Å². The van der Waals surface area contributed by atoms with Gasteiger partial charge in [0.2, 0.25) is 17.8 Å². The Morgan fingerprint density at radius 3 is 2.43 bits per heavy atom. The number of nitrogens with zero attached hydrogens (tertiary/aromatic N) is 3. The van der Waals surface area contributed by atoms with Crippen molar-refractivity contribution in [2.45, 2.75) is 25.4 Å². The molecule has 5 N–H and O–H groups in total. The van der Waals surface area contributed by atoms with Crippen molar-refractivity contribution in [2.75, 3.05) is 62.6 Å². The lowest BCUT2D eigenvalue weighted by atomic mass is 10.2. The lowest BCUT2D eigenvalue weighted by molar-refractivity contribution is 0.0547. The van der Waals surface area contributed by atoms with E-state index in [2.05, 4.69) is 30.9 Å². The molecule has 0 atom stereocenters. The van der Waals surface area contributed by atoms with Gasteiger partial charge >= 0.3 is 0 Å². The number of aromatic nitrogens is 3. The molecule has 1 aromatic carbocycles. The van der Waals surface area contributed by atoms with Crippen LogP contribution in [0.2, 0.25) is 0 Å². The van der Waals surface area contributed by atoms with E-state index < -0.39 is 0 Å². The topological polar surface area (TPSA) is 128 Å². The fraction of sp³-hybridized carbons (Fsp3) is 0.550. The third-order valence-electron chi connectivity index (χ3n) is 4.29. The molecule has 1 fully saturated rings. The summed E-state index contributed by atoms with van der Waals surface area (Å²) in [6.45, 7) is 3.82. The second-order valence-corrected chi connectivity index (χ2v) is 6.87. The number of benzene rings is 1. The summed E-state index contributed by atoms with van der Waals surface area (Å²) in [5, 5.41) is 9.77. The van der Waals surface area contributed by atoms with Crippen molar-refractivity contribution in [1.29, 1.82) is 0 Å². The molecule has 0 bridgehead atoms. The average molecular weight is 418 g/mol. The van der Waals surface area contributed by atoms with Crippen LogP contribution in [0.25, 0.3) is 0 Å². The molecule has 3 rings (SSSR count). The summed E-state index contributed by atoms with van der Waals surface area (Å²) < 4.78 is 16.1. The van der Waals surface area contributed by atoms with Gasteiger partial charge in [0.25, 0.3) is 0 Å². The molecule has 30 heavy (non-hydrogen) atoms. The van der Waals surface area contributed by atoms with Gasteiger partial charge in [-0.1, -0.05) is 12.1 Å². The summed E-state index contributed by atoms with van der Waals surface area (Å²) >= 11 is 0. The molecule has 2 aromatic rings. The largest absolute Gasteiger partial charge is 0.497 e. The number of hydrogen-bond donors (Lipinski definition) is 4. The second-order valence-electron chi connectivity index (χ2n) is 6.87. The summed E-state index contributed by atoms with van der Waals surface area (Å²) in [6.07, 6.45) is 2.28. The predicted octanol–water partition coefficient (Wildman–Crippen LogP) is 1.47. The summed E-state index contributed by atoms with van der Waals surface area (Å²) in [4.78, 5) is 13.4. The summed E-state index contributed by atoms with van der Waals surface area (Å²) in [5.41, 5.74) is 6.45. The SMILES string of the molecule is COc1cccc(CNc2nc(NCCOCCOCCN)nc(NC3CC3)n2)c1. The van der Waals surface area contributed by atoms with Crippen LogP contribution < -0.4 is 26.4 Å². The molecular formula is C20H31N7O3. The fourth-order valence-corrected chi connectivity index (χ4v) is 2.61. The molecule has 1 aliphatic carbocycles. The van der Waals surface area contributed by atoms with E-state index >= 15 is 0 Å². The highest BCUT2D eigenvalue weighted by Crippen LogP contribution is 2.23. The van der Waals surface area contributed by atoms with Gasteiger partial charge in [-0.2, -0.15) is 15.0 Å². The predicted molar refractivity (Wildman–Crippen MR) is 116 cm³/mol. The molecule has 0 radical (unpaired) electrons. The molecule has 0 aliphatic heterocycles. The van der Waals surface area contributed by atoms with Gasteiger partial charge < -0.3 is 35.9 Å². The van der Waals surface area contributed by atoms with Crippen molar-refractivity contribution in [2.24, 2.45) is 5.73 Å². The van der Waals surface area contributed by atoms with E-state index in [1.54, 1.807) is 7.11 Å². The van der Waals surface area contributed by atoms with E-state index in [0.717, 1.165) is 24.2 Å². The smallest absolute Gasteiger partial charge is 0.229 e. The van der Waals surface area contributed by atoms with Gasteiger partial charge in [-0.15, -0.1) is 0 Å². The molecule has 0 saturated heterocycles. The second kappa shape index (κ2) is 12.1. The zero-order valence-electron chi connectivity index (χ0n) is 17.4. The molecule has 0 spiro atoms. The molecule has 0 unspecified atom stereocenters. The molecule has 10 heteroatoms. The van der Waals surface area contributed by atoms with Gasteiger partial charge in [-0.3, -0.25) is 0 Å². The summed E-state index contributed by atoms with van der Waals surface area (Å²) in [5.74, 6) is 2.40. The normalized spacial score (nSPS) is 13.1. The Hall–Kier alpha value is -2.69. The first-order valence-electron chi connectivity index (χ1n) is 10.3. The van der Waals surface area contributed by atoms with Crippen LogP contribution in [-0.2, 0) is 16.0 Å². The number of anilines is 3. The number of ether oxygens (including phenoxy) is 3. The maximum absolute atomic E-state index is 5.52. The summed E-state index contributed by atoms with van der Waals surface area (Å²) in [6, 6.07) is 8.32. The fourth-order valence-electron chi connectivity index (χ4n) is 2.61. The Bertz CT molecular complexity index is 774. The van der Waals surface area contributed by atoms with Gasteiger partial charge in [0.1, 0.15) is 5.75 Å². The zero-order valence-corrected chi connectivity index (χ0v) is 17.4. The molecule has 10 nitrogen and oxygen atoms in total. The van der Waals surface area contributed by atoms with Crippen molar-refractivity contribution in [3.8, 4) is 5.75 Å². The minimum atomic E-state index is 0.448. The quantitative estimate of drug-likeness (QED) is 0.316. The molecule has 1 heterocycles. The Morgan fingerprint density at radius 1 is 0.967 bits per heavy atom. The van der Waals surface area contributed by atoms with Crippen LogP contribution in [-0.4, -0.2) is 67.6 Å². The number of hydrogen-bond acceptors (Lipinski definition) is 10. The van der Waals surface area contributed by atoms with E-state index in [1.807, 2.05) is 24.3 Å². The van der Waals surface area contributed by atoms with E-state index in [1.165, 1.54) is 0 Å². The molecule has 1 aliphatic rings. The van der Waals surface area contributed by atoms with Crippen molar-refractivity contribution in [3.63, 3.8) is 0 Å². The van der Waals surface area contributed by atoms with Gasteiger partial charge in [0.05, 0.1) is 33.5 Å². The van der Waals surface area contributed by atoms with Gasteiger partial charge in [0.15, 0.2) is 0 Å². The first kappa shape index (κ1) is 22.0. The molecular weight excluding hydrogens is 386 g/mol. The number of nitrogens with two attached hydrogens (primary N) is 1. The third kappa shape index (κ3) is 7.97. The first-order valence-corrected chi connectivity index (χ1v) is 10.3. The highest BCUT2D eigenvalue weighted by molar-refractivity contribution is 5.44. The van der Waals surface area contributed by atoms with Gasteiger partial charge in [-0.05, 0) is 30.5 Å². The molecule has 1 saturated carbocycles. The molecule has 1 aromatic heterocycles. The van der Waals surface area contributed by atoms with Crippen LogP contribution in [0, 0.1) is 0 Å². The zero-order chi connectivity index (χ0) is 21.0. The Balaban J connectivity index is 1.51. The van der Waals surface area contributed by atoms with E-state index in [4.69, 9.17) is 19.9 Å². The lowest BCUT2D eigenvalue weighted by Gasteiger charge is -2.12. The Kier molecular flexibility index (Phi) is 8.88. The third-order valence-corrected chi connectivity index (χ3v) is 4.29. The van der Waals surface area contributed by atoms with Crippen molar-refractivity contribution in [3.05, 3.63) is 29.8 Å². The number of nitrogens with one attached hydrogen (secondary N) is 3. The lowest BCUT2D eigenvalue weighted by Crippen LogP contribution is -2.17. The maximum atomic E-state index is 5.52. The maximum Gasteiger partial charge on any atom is 0.229 e. The highest BCUT2D eigenvalue weighted by Gasteiger charge is 2.22. The monoisotopic (exact) mass is 417 g/mol. The number of methoxy groups -OCH3 is 1. The van der Waals surface area contributed by atoms with Crippen LogP contribution in [0.5, 0.6) is 5.75 Å². The molecule has 164 valence electrons. The van der Waals surface area contributed by atoms with Crippen LogP contribution in [0.15, 0.2) is 24.3 Å². The van der Waals surface area contributed by atoms with E-state index in [0.29, 0.717) is 69.9 Å². The van der Waals surface area contributed by atoms with Crippen LogP contribution in [0.3, 0.4) is 0 Å². The van der Waals surface area contributed by atoms with Crippen LogP contribution in [0.1, 0.15) is 18.4 Å². The summed E-state index contributed by atoms with van der Waals surface area (Å²) in [7, 11) is 1.66. The number of rotatable bonds is 15. The average Bonchev–Trinajstić information content (AvgIpc) is 3.58. The Labute approximate surface area is 176 Å². The van der Waals surface area contributed by atoms with Crippen molar-refractivity contribution < 1.29 is 14.2 Å². The van der Waals surface area contributed by atoms with Gasteiger partial charge in [0, 0.05) is 25.7 Å². The van der Waals surface area contributed by atoms with Crippen molar-refractivity contribution in [1.82, 2.24) is 15.0 Å². The van der Waals surface area contributed by atoms with E-state index in [9.17, 15) is 0 Å². The molecule has 0 amide bonds. The minimum absolute atomic E-state index is 0.448. The Morgan fingerprint density at radius 2 is 1.70 bits per heavy atom. The van der Waals surface area contributed by atoms with Gasteiger partial charge in [-0.25, -0.2) is 0 Å². The van der Waals surface area contributed by atoms with Crippen LogP contribution in [0.4, 0.5) is 17.8 Å². The first-order chi connectivity index (χ1) is 14.8. The standard InChI is InChI=1S/C20H31N7O3/c1-28-17-4-2-3-15(13-17)14-23-19-25-18(26-20(27-19)24-16-5-6-16)22-8-10-30-12-11-29-9-7-21/h2-4,13,16H,5-12,14,21H2,1H3,(H3,22,23,24,25,26,27).